The summed E-state index contributed by atoms with van der Waals surface area (Å²) in [5.41, 5.74) is 0. The lowest BCUT2D eigenvalue weighted by Crippen LogP contribution is -2.31. The van der Waals surface area contributed by atoms with Crippen molar-refractivity contribution >= 4 is 0 Å². The molecule has 1 atom stereocenters. The molecule has 1 N–H and O–H groups in total. The van der Waals surface area contributed by atoms with Crippen LogP contribution in [0.4, 0.5) is 0 Å². The molecule has 0 aromatic carbocycles. The molecule has 1 unspecified atom stereocenters. The number of rotatable bonds is 8. The van der Waals surface area contributed by atoms with Crippen LogP contribution in [0.1, 0.15) is 39.0 Å². The van der Waals surface area contributed by atoms with Gasteiger partial charge in [-0.1, -0.05) is 0 Å². The Morgan fingerprint density at radius 2 is 2.27 bits per heavy atom. The second-order valence-electron chi connectivity index (χ2n) is 4.25. The third-order valence-electron chi connectivity index (χ3n) is 3.13. The molecule has 1 aliphatic heterocycles. The number of ether oxygens (including phenoxy) is 1. The monoisotopic (exact) mass is 215 g/mol. The molecule has 0 aromatic heterocycles. The van der Waals surface area contributed by atoms with Gasteiger partial charge in [-0.15, -0.1) is 0 Å². The van der Waals surface area contributed by atoms with Gasteiger partial charge in [0.15, 0.2) is 0 Å². The highest BCUT2D eigenvalue weighted by atomic mass is 16.5. The molecular weight excluding hydrogens is 190 g/mol. The molecule has 0 spiro atoms. The van der Waals surface area contributed by atoms with E-state index in [-0.39, 0.29) is 0 Å². The van der Waals surface area contributed by atoms with Crippen molar-refractivity contribution in [2.24, 2.45) is 0 Å². The van der Waals surface area contributed by atoms with Crippen molar-refractivity contribution in [2.75, 3.05) is 32.9 Å². The Labute approximate surface area is 93.4 Å². The van der Waals surface area contributed by atoms with Crippen molar-refractivity contribution < 1.29 is 9.84 Å². The zero-order valence-electron chi connectivity index (χ0n) is 9.95. The van der Waals surface area contributed by atoms with E-state index >= 15 is 0 Å². The van der Waals surface area contributed by atoms with Crippen LogP contribution < -0.4 is 0 Å². The quantitative estimate of drug-likeness (QED) is 0.625. The van der Waals surface area contributed by atoms with Gasteiger partial charge in [-0.2, -0.15) is 0 Å². The summed E-state index contributed by atoms with van der Waals surface area (Å²) < 4.78 is 5.34. The Bertz CT molecular complexity index is 153. The summed E-state index contributed by atoms with van der Waals surface area (Å²) in [6.07, 6.45) is 5.89. The minimum Gasteiger partial charge on any atom is -0.396 e. The van der Waals surface area contributed by atoms with E-state index in [9.17, 15) is 0 Å². The molecule has 3 nitrogen and oxygen atoms in total. The maximum atomic E-state index is 8.82. The van der Waals surface area contributed by atoms with Crippen LogP contribution in [0.3, 0.4) is 0 Å². The van der Waals surface area contributed by atoms with Crippen LogP contribution in [-0.4, -0.2) is 49.0 Å². The first-order chi connectivity index (χ1) is 7.38. The van der Waals surface area contributed by atoms with Crippen molar-refractivity contribution in [3.63, 3.8) is 0 Å². The smallest absolute Gasteiger partial charge is 0.0478 e. The molecule has 0 radical (unpaired) electrons. The lowest BCUT2D eigenvalue weighted by Gasteiger charge is -2.24. The first kappa shape index (κ1) is 12.9. The highest BCUT2D eigenvalue weighted by molar-refractivity contribution is 4.78. The largest absolute Gasteiger partial charge is 0.396 e. The van der Waals surface area contributed by atoms with Crippen LogP contribution in [-0.2, 0) is 4.74 Å². The van der Waals surface area contributed by atoms with E-state index in [1.54, 1.807) is 0 Å². The summed E-state index contributed by atoms with van der Waals surface area (Å²) in [7, 11) is 0. The Morgan fingerprint density at radius 1 is 1.40 bits per heavy atom. The molecule has 1 aliphatic rings. The summed E-state index contributed by atoms with van der Waals surface area (Å²) >= 11 is 0. The Hall–Kier alpha value is -0.120. The second-order valence-corrected chi connectivity index (χ2v) is 4.25. The molecule has 1 fully saturated rings. The predicted octanol–water partition coefficient (Wildman–Crippen LogP) is 1.65. The van der Waals surface area contributed by atoms with Crippen molar-refractivity contribution in [1.29, 1.82) is 0 Å². The minimum absolute atomic E-state index is 0.337. The van der Waals surface area contributed by atoms with Gasteiger partial charge < -0.3 is 14.7 Å². The van der Waals surface area contributed by atoms with Gasteiger partial charge in [0.1, 0.15) is 0 Å². The van der Waals surface area contributed by atoms with Crippen molar-refractivity contribution in [1.82, 2.24) is 4.90 Å². The Balaban J connectivity index is 2.09. The molecule has 0 aliphatic carbocycles. The van der Waals surface area contributed by atoms with Gasteiger partial charge in [0.05, 0.1) is 0 Å². The van der Waals surface area contributed by atoms with Gasteiger partial charge in [-0.3, -0.25) is 0 Å². The zero-order valence-corrected chi connectivity index (χ0v) is 9.95. The standard InChI is InChI=1S/C12H25NO2/c1-2-15-11-5-9-13-8-3-6-12(13)7-4-10-14/h12,14H,2-11H2,1H3. The third-order valence-corrected chi connectivity index (χ3v) is 3.13. The number of hydrogen-bond donors (Lipinski definition) is 1. The third kappa shape index (κ3) is 4.96. The number of likely N-dealkylation sites (tertiary alicyclic amines) is 1. The maximum absolute atomic E-state index is 8.82. The number of aliphatic hydroxyl groups is 1. The molecule has 1 heterocycles. The lowest BCUT2D eigenvalue weighted by molar-refractivity contribution is 0.127. The summed E-state index contributed by atoms with van der Waals surface area (Å²) in [6, 6.07) is 0.721. The SMILES string of the molecule is CCOCCCN1CCCC1CCCO. The minimum atomic E-state index is 0.337. The normalized spacial score (nSPS) is 22.4. The van der Waals surface area contributed by atoms with Crippen LogP contribution in [0, 0.1) is 0 Å². The van der Waals surface area contributed by atoms with Crippen molar-refractivity contribution in [3.05, 3.63) is 0 Å². The van der Waals surface area contributed by atoms with Crippen LogP contribution in [0.5, 0.6) is 0 Å². The van der Waals surface area contributed by atoms with Crippen LogP contribution in [0.2, 0.25) is 0 Å². The van der Waals surface area contributed by atoms with E-state index in [4.69, 9.17) is 9.84 Å². The lowest BCUT2D eigenvalue weighted by atomic mass is 10.1. The van der Waals surface area contributed by atoms with Gasteiger partial charge in [0.2, 0.25) is 0 Å². The molecule has 0 saturated carbocycles. The van der Waals surface area contributed by atoms with E-state index in [2.05, 4.69) is 4.90 Å². The second kappa shape index (κ2) is 8.08. The van der Waals surface area contributed by atoms with Crippen LogP contribution in [0.25, 0.3) is 0 Å². The van der Waals surface area contributed by atoms with Gasteiger partial charge in [0, 0.05) is 32.4 Å². The van der Waals surface area contributed by atoms with E-state index in [1.807, 2.05) is 6.92 Å². The van der Waals surface area contributed by atoms with Crippen molar-refractivity contribution in [3.8, 4) is 0 Å². The molecule has 3 heteroatoms. The molecule has 0 aromatic rings. The fraction of sp³-hybridized carbons (Fsp3) is 1.00. The zero-order chi connectivity index (χ0) is 10.9. The fourth-order valence-corrected chi connectivity index (χ4v) is 2.36. The molecule has 1 rings (SSSR count). The molecule has 1 saturated heterocycles. The van der Waals surface area contributed by atoms with Gasteiger partial charge in [0.25, 0.3) is 0 Å². The predicted molar refractivity (Wildman–Crippen MR) is 62.0 cm³/mol. The van der Waals surface area contributed by atoms with Crippen molar-refractivity contribution in [2.45, 2.75) is 45.1 Å². The average Bonchev–Trinajstić information content (AvgIpc) is 2.69. The first-order valence-electron chi connectivity index (χ1n) is 6.31. The Kier molecular flexibility index (Phi) is 6.98. The van der Waals surface area contributed by atoms with E-state index in [1.165, 1.54) is 19.4 Å². The summed E-state index contributed by atoms with van der Waals surface area (Å²) in [5, 5.41) is 8.82. The maximum Gasteiger partial charge on any atom is 0.0478 e. The molecule has 90 valence electrons. The van der Waals surface area contributed by atoms with Gasteiger partial charge in [-0.05, 0) is 45.6 Å². The van der Waals surface area contributed by atoms with Gasteiger partial charge >= 0.3 is 0 Å². The summed E-state index contributed by atoms with van der Waals surface area (Å²) in [4.78, 5) is 2.56. The topological polar surface area (TPSA) is 32.7 Å². The molecular formula is C12H25NO2. The Morgan fingerprint density at radius 3 is 3.00 bits per heavy atom. The van der Waals surface area contributed by atoms with Gasteiger partial charge in [-0.25, -0.2) is 0 Å². The highest BCUT2D eigenvalue weighted by Crippen LogP contribution is 2.21. The first-order valence-corrected chi connectivity index (χ1v) is 6.31. The fourth-order valence-electron chi connectivity index (χ4n) is 2.36. The molecule has 15 heavy (non-hydrogen) atoms. The van der Waals surface area contributed by atoms with E-state index in [0.29, 0.717) is 6.61 Å². The average molecular weight is 215 g/mol. The number of hydrogen-bond acceptors (Lipinski definition) is 3. The summed E-state index contributed by atoms with van der Waals surface area (Å²) in [6.45, 7) is 6.50. The molecule has 0 bridgehead atoms. The molecule has 0 amide bonds. The summed E-state index contributed by atoms with van der Waals surface area (Å²) in [5.74, 6) is 0. The highest BCUT2D eigenvalue weighted by Gasteiger charge is 2.22. The van der Waals surface area contributed by atoms with E-state index in [0.717, 1.165) is 45.1 Å². The van der Waals surface area contributed by atoms with Crippen LogP contribution in [0.15, 0.2) is 0 Å². The number of aliphatic hydroxyl groups excluding tert-OH is 1. The van der Waals surface area contributed by atoms with E-state index < -0.39 is 0 Å². The number of nitrogens with zero attached hydrogens (tertiary/aromatic N) is 1. The van der Waals surface area contributed by atoms with Crippen LogP contribution >= 0.6 is 0 Å².